The summed E-state index contributed by atoms with van der Waals surface area (Å²) >= 11 is 0. The van der Waals surface area contributed by atoms with Crippen LogP contribution < -0.4 is 11.4 Å². The first-order valence-electron chi connectivity index (χ1n) is 26.7. The lowest BCUT2D eigenvalue weighted by Gasteiger charge is -2.21. The third-order valence-electron chi connectivity index (χ3n) is 12.1. The smallest absolute Gasteiger partial charge is 0.462 e. The first-order valence-corrected chi connectivity index (χ1v) is 29.7. The van der Waals surface area contributed by atoms with Crippen LogP contribution in [-0.2, 0) is 46.3 Å². The van der Waals surface area contributed by atoms with Gasteiger partial charge in [-0.1, -0.05) is 179 Å². The minimum atomic E-state index is -5.47. The Labute approximate surface area is 438 Å². The van der Waals surface area contributed by atoms with Crippen LogP contribution in [0.15, 0.2) is 65.7 Å². The summed E-state index contributed by atoms with van der Waals surface area (Å²) in [4.78, 5) is 62.0. The number of allylic oxidation sites excluding steroid dienone is 6. The third-order valence-corrected chi connectivity index (χ3v) is 14.7. The van der Waals surface area contributed by atoms with Crippen LogP contribution in [0.3, 0.4) is 0 Å². The van der Waals surface area contributed by atoms with Gasteiger partial charge in [0, 0.05) is 19.0 Å². The number of phosphoric acid groups is 2. The summed E-state index contributed by atoms with van der Waals surface area (Å²) < 4.78 is 56.7. The molecule has 1 aliphatic heterocycles. The van der Waals surface area contributed by atoms with E-state index in [-0.39, 0.29) is 31.5 Å². The highest BCUT2D eigenvalue weighted by Crippen LogP contribution is 2.60. The predicted octanol–water partition coefficient (Wildman–Crippen LogP) is 9.14. The van der Waals surface area contributed by atoms with Gasteiger partial charge in [0.05, 0.1) is 25.4 Å². The Morgan fingerprint density at radius 1 is 0.730 bits per heavy atom. The number of nitrogen functional groups attached to an aromatic ring is 1. The topological polar surface area (TPSA) is 306 Å². The zero-order chi connectivity index (χ0) is 54.6. The Morgan fingerprint density at radius 3 is 1.82 bits per heavy atom. The molecule has 0 spiro atoms. The summed E-state index contributed by atoms with van der Waals surface area (Å²) in [6.07, 6.45) is 28.3. The van der Waals surface area contributed by atoms with Gasteiger partial charge in [0.25, 0.3) is 0 Å². The molecule has 8 N–H and O–H groups in total. The van der Waals surface area contributed by atoms with Gasteiger partial charge in [-0.15, -0.1) is 0 Å². The van der Waals surface area contributed by atoms with E-state index in [2.05, 4.69) is 30.1 Å². The van der Waals surface area contributed by atoms with E-state index in [0.29, 0.717) is 12.8 Å². The molecule has 22 heteroatoms. The van der Waals surface area contributed by atoms with Crippen molar-refractivity contribution < 1.29 is 76.5 Å². The molecule has 0 amide bonds. The van der Waals surface area contributed by atoms with E-state index in [1.54, 1.807) is 24.3 Å². The van der Waals surface area contributed by atoms with E-state index in [1.807, 2.05) is 24.3 Å². The Morgan fingerprint density at radius 2 is 1.26 bits per heavy atom. The maximum Gasteiger partial charge on any atom is 0.481 e. The van der Waals surface area contributed by atoms with Crippen LogP contribution in [0.2, 0.25) is 0 Å². The molecule has 2 heterocycles. The number of esters is 2. The number of nitrogens with zero attached hydrogens (tertiary/aromatic N) is 2. The van der Waals surface area contributed by atoms with Gasteiger partial charge in [-0.3, -0.25) is 23.2 Å². The van der Waals surface area contributed by atoms with E-state index < -0.39 is 95.9 Å². The van der Waals surface area contributed by atoms with Crippen LogP contribution in [0.25, 0.3) is 0 Å². The first kappa shape index (κ1) is 66.8. The molecule has 424 valence electrons. The number of aliphatic hydroxyl groups is 4. The fourth-order valence-corrected chi connectivity index (χ4v) is 9.94. The summed E-state index contributed by atoms with van der Waals surface area (Å²) in [6.45, 7) is 4.16. The van der Waals surface area contributed by atoms with Crippen molar-refractivity contribution in [2.75, 3.05) is 25.6 Å². The molecule has 9 atom stereocenters. The Balaban J connectivity index is 1.84. The summed E-state index contributed by atoms with van der Waals surface area (Å²) in [5.41, 5.74) is 4.57. The van der Waals surface area contributed by atoms with Gasteiger partial charge in [0.1, 0.15) is 30.7 Å². The summed E-state index contributed by atoms with van der Waals surface area (Å²) in [7, 11) is -10.9. The fraction of sp³-hybridized carbons (Fsp3) is 0.731. The molecular weight excluding hydrogens is 1000 g/mol. The monoisotopic (exact) mass is 1090 g/mol. The van der Waals surface area contributed by atoms with Gasteiger partial charge < -0.3 is 50.2 Å². The van der Waals surface area contributed by atoms with Crippen LogP contribution in [0, 0.1) is 5.92 Å². The zero-order valence-electron chi connectivity index (χ0n) is 44.0. The molecule has 0 aliphatic carbocycles. The van der Waals surface area contributed by atoms with Gasteiger partial charge in [-0.25, -0.2) is 13.9 Å². The maximum absolute atomic E-state index is 12.9. The standard InChI is InChI=1S/C52H89N3O17P2/c1-4-5-23-30-42(56)31-25-20-16-14-17-21-26-32-43(57)33-28-35-47(58)67-38-44(70-48(59)34-27-22-18-13-11-9-7-6-8-10-12-15-19-24-29-41(2)3)39-68-73(63,64)72-74(65,66)69-40-45-49(60)50(61)51(71-45)55-37-36-46(53)54-52(55)62/h16-17,20-21,25-26,31-32,36-37,41-45,49-51,56-57,60-61H,4-15,18-19,22-24,27-30,33-35,38-40H2,1-3H3,(H,63,64)(H,65,66)(H2,53,54,62)/b20-16-,21-17-,31-25+,32-26+/t42-,43-,44+,45+,49+,50+,51+/m0/s1. The molecule has 74 heavy (non-hydrogen) atoms. The molecule has 2 unspecified atom stereocenters. The number of anilines is 1. The molecule has 1 aliphatic rings. The lowest BCUT2D eigenvalue weighted by atomic mass is 10.0. The minimum Gasteiger partial charge on any atom is -0.462 e. The number of aliphatic hydroxyl groups excluding tert-OH is 4. The number of rotatable bonds is 43. The second-order valence-electron chi connectivity index (χ2n) is 19.3. The number of carbonyl (C=O) groups is 2. The summed E-state index contributed by atoms with van der Waals surface area (Å²) in [5.74, 6) is -0.752. The zero-order valence-corrected chi connectivity index (χ0v) is 45.8. The molecule has 0 saturated carbocycles. The number of unbranched alkanes of at least 4 members (excludes halogenated alkanes) is 15. The van der Waals surface area contributed by atoms with Gasteiger partial charge in [0.15, 0.2) is 12.3 Å². The quantitative estimate of drug-likeness (QED) is 0.0139. The van der Waals surface area contributed by atoms with E-state index in [9.17, 15) is 53.7 Å². The predicted molar refractivity (Wildman–Crippen MR) is 282 cm³/mol. The van der Waals surface area contributed by atoms with Crippen LogP contribution in [0.5, 0.6) is 0 Å². The normalized spacial score (nSPS) is 20.2. The van der Waals surface area contributed by atoms with Crippen molar-refractivity contribution in [3.05, 3.63) is 71.4 Å². The largest absolute Gasteiger partial charge is 0.481 e. The van der Waals surface area contributed by atoms with E-state index >= 15 is 0 Å². The Hall–Kier alpha value is -3.36. The van der Waals surface area contributed by atoms with Crippen molar-refractivity contribution in [3.63, 3.8) is 0 Å². The average Bonchev–Trinajstić information content (AvgIpc) is 3.61. The molecular formula is C52H89N3O17P2. The molecule has 0 aromatic carbocycles. The second kappa shape index (κ2) is 39.1. The lowest BCUT2D eigenvalue weighted by Crippen LogP contribution is -2.36. The number of ether oxygens (including phenoxy) is 3. The van der Waals surface area contributed by atoms with Crippen LogP contribution in [0.4, 0.5) is 5.82 Å². The highest BCUT2D eigenvalue weighted by molar-refractivity contribution is 7.61. The van der Waals surface area contributed by atoms with Crippen molar-refractivity contribution in [2.24, 2.45) is 5.92 Å². The van der Waals surface area contributed by atoms with Gasteiger partial charge in [-0.2, -0.15) is 9.29 Å². The van der Waals surface area contributed by atoms with E-state index in [0.717, 1.165) is 68.0 Å². The van der Waals surface area contributed by atoms with E-state index in [4.69, 9.17) is 29.0 Å². The molecule has 0 radical (unpaired) electrons. The average molecular weight is 1090 g/mol. The number of carbonyl (C=O) groups excluding carboxylic acids is 2. The number of aromatic nitrogens is 2. The molecule has 0 bridgehead atoms. The van der Waals surface area contributed by atoms with Gasteiger partial charge >= 0.3 is 33.3 Å². The van der Waals surface area contributed by atoms with Gasteiger partial charge in [0.2, 0.25) is 0 Å². The van der Waals surface area contributed by atoms with Crippen molar-refractivity contribution >= 4 is 33.4 Å². The van der Waals surface area contributed by atoms with Crippen LogP contribution >= 0.6 is 15.6 Å². The fourth-order valence-electron chi connectivity index (χ4n) is 7.83. The molecule has 1 aromatic rings. The van der Waals surface area contributed by atoms with E-state index in [1.165, 1.54) is 70.3 Å². The molecule has 1 aromatic heterocycles. The highest BCUT2D eigenvalue weighted by atomic mass is 31.3. The second-order valence-corrected chi connectivity index (χ2v) is 22.3. The first-order chi connectivity index (χ1) is 35.3. The highest BCUT2D eigenvalue weighted by Gasteiger charge is 2.46. The van der Waals surface area contributed by atoms with Crippen LogP contribution in [-0.4, -0.2) is 108 Å². The summed E-state index contributed by atoms with van der Waals surface area (Å²) in [6, 6.07) is 1.23. The maximum atomic E-state index is 12.9. The lowest BCUT2D eigenvalue weighted by molar-refractivity contribution is -0.161. The molecule has 1 saturated heterocycles. The molecule has 2 rings (SSSR count). The van der Waals surface area contributed by atoms with Crippen molar-refractivity contribution in [3.8, 4) is 0 Å². The van der Waals surface area contributed by atoms with Gasteiger partial charge in [-0.05, 0) is 44.1 Å². The van der Waals surface area contributed by atoms with Crippen molar-refractivity contribution in [1.29, 1.82) is 0 Å². The summed E-state index contributed by atoms with van der Waals surface area (Å²) in [5, 5.41) is 41.2. The number of nitrogens with two attached hydrogens (primary N) is 1. The number of hydrogen-bond donors (Lipinski definition) is 7. The molecule has 1 fully saturated rings. The Bertz CT molecular complexity index is 1980. The Kier molecular flexibility index (Phi) is 35.2. The minimum absolute atomic E-state index is 0.00189. The molecule has 20 nitrogen and oxygen atoms in total. The number of phosphoric ester groups is 2. The van der Waals surface area contributed by atoms with Crippen molar-refractivity contribution in [1.82, 2.24) is 9.55 Å². The van der Waals surface area contributed by atoms with Crippen molar-refractivity contribution in [2.45, 2.75) is 218 Å². The third kappa shape index (κ3) is 32.3. The van der Waals surface area contributed by atoms with Crippen LogP contribution in [0.1, 0.15) is 181 Å². The number of hydrogen-bond acceptors (Lipinski definition) is 17. The SMILES string of the molecule is CCCCC[C@H](O)/C=C/C=C\C/C=C\C=C\[C@H](O)CCCC(=O)OC[C@H](COP(=O)(O)OP(=O)(O)OC[C@H]1O[C@@H](n2ccc(N)nc2=O)[C@H](O)[C@@H]1O)OC(=O)CCCCCCCCCCCCCCCCC(C)C.